The standard InChI is InChI=1S/C20H17N5O4S/c1-12(2)24-19(26)15-5-3-4-6-16(15)21-20(24)30-11-17-22-18(23-29-17)13-7-9-14(10-8-13)25(27)28/h3-10,12H,11H2,1-2H3. The van der Waals surface area contributed by atoms with Gasteiger partial charge >= 0.3 is 0 Å². The van der Waals surface area contributed by atoms with Gasteiger partial charge in [-0.05, 0) is 38.1 Å². The molecule has 4 aromatic rings. The number of nitrogens with zero attached hydrogens (tertiary/aromatic N) is 5. The van der Waals surface area contributed by atoms with Crippen LogP contribution in [-0.2, 0) is 5.75 Å². The molecule has 0 aliphatic heterocycles. The van der Waals surface area contributed by atoms with Gasteiger partial charge < -0.3 is 4.52 Å². The molecule has 0 amide bonds. The van der Waals surface area contributed by atoms with Gasteiger partial charge in [0.1, 0.15) is 0 Å². The molecule has 0 fully saturated rings. The molecule has 0 spiro atoms. The van der Waals surface area contributed by atoms with Crippen LogP contribution in [-0.4, -0.2) is 24.6 Å². The molecule has 10 heteroatoms. The topological polar surface area (TPSA) is 117 Å². The van der Waals surface area contributed by atoms with E-state index in [1.54, 1.807) is 22.8 Å². The number of benzene rings is 2. The molecule has 0 bridgehead atoms. The van der Waals surface area contributed by atoms with E-state index in [1.165, 1.54) is 23.9 Å². The van der Waals surface area contributed by atoms with E-state index in [1.807, 2.05) is 32.0 Å². The average Bonchev–Trinajstić information content (AvgIpc) is 3.21. The molecule has 9 nitrogen and oxygen atoms in total. The third-order valence-electron chi connectivity index (χ3n) is 4.42. The van der Waals surface area contributed by atoms with Gasteiger partial charge in [0, 0.05) is 23.7 Å². The van der Waals surface area contributed by atoms with E-state index < -0.39 is 4.92 Å². The van der Waals surface area contributed by atoms with Crippen LogP contribution in [0, 0.1) is 10.1 Å². The summed E-state index contributed by atoms with van der Waals surface area (Å²) in [6.45, 7) is 3.86. The lowest BCUT2D eigenvalue weighted by molar-refractivity contribution is -0.384. The number of hydrogen-bond acceptors (Lipinski definition) is 8. The van der Waals surface area contributed by atoms with Gasteiger partial charge in [-0.15, -0.1) is 0 Å². The van der Waals surface area contributed by atoms with E-state index in [0.29, 0.717) is 39.1 Å². The lowest BCUT2D eigenvalue weighted by atomic mass is 10.2. The quantitative estimate of drug-likeness (QED) is 0.196. The molecule has 0 aliphatic carbocycles. The summed E-state index contributed by atoms with van der Waals surface area (Å²) >= 11 is 1.34. The van der Waals surface area contributed by atoms with Crippen molar-refractivity contribution in [2.45, 2.75) is 30.8 Å². The molecule has 152 valence electrons. The first-order chi connectivity index (χ1) is 14.4. The first-order valence-electron chi connectivity index (χ1n) is 9.15. The third kappa shape index (κ3) is 3.81. The molecule has 0 aliphatic rings. The summed E-state index contributed by atoms with van der Waals surface area (Å²) in [7, 11) is 0. The first kappa shape index (κ1) is 19.8. The molecule has 0 N–H and O–H groups in total. The highest BCUT2D eigenvalue weighted by molar-refractivity contribution is 7.98. The molecule has 0 radical (unpaired) electrons. The molecule has 30 heavy (non-hydrogen) atoms. The fourth-order valence-corrected chi connectivity index (χ4v) is 3.94. The van der Waals surface area contributed by atoms with Gasteiger partial charge in [-0.3, -0.25) is 19.5 Å². The van der Waals surface area contributed by atoms with E-state index in [2.05, 4.69) is 15.1 Å². The molecule has 0 saturated carbocycles. The van der Waals surface area contributed by atoms with Crippen molar-refractivity contribution in [3.05, 3.63) is 74.9 Å². The van der Waals surface area contributed by atoms with Gasteiger partial charge in [-0.1, -0.05) is 29.1 Å². The van der Waals surface area contributed by atoms with Gasteiger partial charge in [0.15, 0.2) is 5.16 Å². The maximum Gasteiger partial charge on any atom is 0.269 e. The van der Waals surface area contributed by atoms with Gasteiger partial charge in [0.25, 0.3) is 11.2 Å². The van der Waals surface area contributed by atoms with Crippen molar-refractivity contribution in [2.24, 2.45) is 0 Å². The Bertz CT molecular complexity index is 1280. The predicted molar refractivity (Wildman–Crippen MR) is 112 cm³/mol. The third-order valence-corrected chi connectivity index (χ3v) is 5.36. The van der Waals surface area contributed by atoms with Crippen LogP contribution in [0.3, 0.4) is 0 Å². The lowest BCUT2D eigenvalue weighted by Gasteiger charge is -2.15. The molecule has 0 atom stereocenters. The fraction of sp³-hybridized carbons (Fsp3) is 0.200. The van der Waals surface area contributed by atoms with Crippen molar-refractivity contribution in [3.63, 3.8) is 0 Å². The predicted octanol–water partition coefficient (Wildman–Crippen LogP) is 4.23. The molecule has 0 unspecified atom stereocenters. The number of thioether (sulfide) groups is 1. The highest BCUT2D eigenvalue weighted by atomic mass is 32.2. The summed E-state index contributed by atoms with van der Waals surface area (Å²) in [6.07, 6.45) is 0. The van der Waals surface area contributed by atoms with Crippen LogP contribution in [0.15, 0.2) is 63.0 Å². The van der Waals surface area contributed by atoms with Crippen molar-refractivity contribution in [1.29, 1.82) is 0 Å². The smallest absolute Gasteiger partial charge is 0.269 e. The molecular formula is C20H17N5O4S. The van der Waals surface area contributed by atoms with Crippen LogP contribution in [0.1, 0.15) is 25.8 Å². The SMILES string of the molecule is CC(C)n1c(SCc2nc(-c3ccc([N+](=O)[O-])cc3)no2)nc2ccccc2c1=O. The second-order valence-electron chi connectivity index (χ2n) is 6.78. The van der Waals surface area contributed by atoms with Crippen LogP contribution in [0.2, 0.25) is 0 Å². The molecule has 2 heterocycles. The molecule has 0 saturated heterocycles. The highest BCUT2D eigenvalue weighted by Gasteiger charge is 2.16. The maximum absolute atomic E-state index is 12.9. The van der Waals surface area contributed by atoms with E-state index in [0.717, 1.165) is 0 Å². The van der Waals surface area contributed by atoms with Crippen LogP contribution >= 0.6 is 11.8 Å². The summed E-state index contributed by atoms with van der Waals surface area (Å²) in [5.74, 6) is 1.04. The van der Waals surface area contributed by atoms with E-state index >= 15 is 0 Å². The monoisotopic (exact) mass is 423 g/mol. The molecule has 2 aromatic heterocycles. The summed E-state index contributed by atoms with van der Waals surface area (Å²) in [6, 6.07) is 13.1. The number of hydrogen-bond donors (Lipinski definition) is 0. The lowest BCUT2D eigenvalue weighted by Crippen LogP contribution is -2.25. The van der Waals surface area contributed by atoms with E-state index in [-0.39, 0.29) is 17.3 Å². The minimum Gasteiger partial charge on any atom is -0.338 e. The first-order valence-corrected chi connectivity index (χ1v) is 10.1. The Hall–Kier alpha value is -3.53. The van der Waals surface area contributed by atoms with Crippen molar-refractivity contribution < 1.29 is 9.45 Å². The number of non-ortho nitro benzene ring substituents is 1. The highest BCUT2D eigenvalue weighted by Crippen LogP contribution is 2.25. The fourth-order valence-electron chi connectivity index (χ4n) is 2.97. The Balaban J connectivity index is 1.58. The van der Waals surface area contributed by atoms with Gasteiger partial charge in [0.05, 0.1) is 21.6 Å². The number of para-hydroxylation sites is 1. The second-order valence-corrected chi connectivity index (χ2v) is 7.73. The normalized spacial score (nSPS) is 11.3. The zero-order chi connectivity index (χ0) is 21.3. The van der Waals surface area contributed by atoms with Crippen molar-refractivity contribution in [3.8, 4) is 11.4 Å². The minimum absolute atomic E-state index is 0.00735. The van der Waals surface area contributed by atoms with Crippen LogP contribution in [0.25, 0.3) is 22.3 Å². The maximum atomic E-state index is 12.9. The van der Waals surface area contributed by atoms with E-state index in [9.17, 15) is 14.9 Å². The second kappa shape index (κ2) is 8.07. The number of nitro groups is 1. The Morgan fingerprint density at radius 2 is 1.87 bits per heavy atom. The molecule has 4 rings (SSSR count). The summed E-state index contributed by atoms with van der Waals surface area (Å²) in [4.78, 5) is 32.2. The molecule has 2 aromatic carbocycles. The Morgan fingerprint density at radius 1 is 1.13 bits per heavy atom. The number of aromatic nitrogens is 4. The Labute approximate surface area is 174 Å². The van der Waals surface area contributed by atoms with Crippen LogP contribution < -0.4 is 5.56 Å². The van der Waals surface area contributed by atoms with Crippen LogP contribution in [0.4, 0.5) is 5.69 Å². The average molecular weight is 423 g/mol. The Morgan fingerprint density at radius 3 is 2.57 bits per heavy atom. The largest absolute Gasteiger partial charge is 0.338 e. The number of fused-ring (bicyclic) bond motifs is 1. The summed E-state index contributed by atoms with van der Waals surface area (Å²) in [5, 5.41) is 15.9. The number of nitro benzene ring substituents is 1. The van der Waals surface area contributed by atoms with Gasteiger partial charge in [-0.2, -0.15) is 4.98 Å². The van der Waals surface area contributed by atoms with Crippen molar-refractivity contribution >= 4 is 28.4 Å². The zero-order valence-electron chi connectivity index (χ0n) is 16.2. The van der Waals surface area contributed by atoms with Gasteiger partial charge in [-0.25, -0.2) is 4.98 Å². The zero-order valence-corrected chi connectivity index (χ0v) is 17.0. The molecular weight excluding hydrogens is 406 g/mol. The van der Waals surface area contributed by atoms with E-state index in [4.69, 9.17) is 4.52 Å². The van der Waals surface area contributed by atoms with Crippen LogP contribution in [0.5, 0.6) is 0 Å². The van der Waals surface area contributed by atoms with Crippen molar-refractivity contribution in [1.82, 2.24) is 19.7 Å². The summed E-state index contributed by atoms with van der Waals surface area (Å²) in [5.41, 5.74) is 1.16. The van der Waals surface area contributed by atoms with Crippen molar-refractivity contribution in [2.75, 3.05) is 0 Å². The Kier molecular flexibility index (Phi) is 5.32. The summed E-state index contributed by atoms with van der Waals surface area (Å²) < 4.78 is 6.96. The van der Waals surface area contributed by atoms with Gasteiger partial charge in [0.2, 0.25) is 11.7 Å². The number of rotatable bonds is 6. The minimum atomic E-state index is -0.465.